The summed E-state index contributed by atoms with van der Waals surface area (Å²) in [5.41, 5.74) is 4.81. The van der Waals surface area contributed by atoms with E-state index in [1.165, 1.54) is 0 Å². The van der Waals surface area contributed by atoms with Gasteiger partial charge in [-0.1, -0.05) is 66.7 Å². The van der Waals surface area contributed by atoms with Crippen molar-refractivity contribution in [1.29, 1.82) is 0 Å². The van der Waals surface area contributed by atoms with E-state index in [2.05, 4.69) is 34.3 Å². The number of aromatic hydroxyl groups is 1. The highest BCUT2D eigenvalue weighted by Crippen LogP contribution is 2.48. The van der Waals surface area contributed by atoms with E-state index in [0.29, 0.717) is 18.1 Å². The Morgan fingerprint density at radius 1 is 0.935 bits per heavy atom. The highest BCUT2D eigenvalue weighted by molar-refractivity contribution is 5.66. The van der Waals surface area contributed by atoms with Crippen LogP contribution in [0.2, 0.25) is 0 Å². The summed E-state index contributed by atoms with van der Waals surface area (Å²) in [6, 6.07) is 25.6. The summed E-state index contributed by atoms with van der Waals surface area (Å²) in [4.78, 5) is 9.40. The van der Waals surface area contributed by atoms with Crippen molar-refractivity contribution in [1.82, 2.24) is 19.6 Å². The Labute approximate surface area is 178 Å². The predicted molar refractivity (Wildman–Crippen MR) is 116 cm³/mol. The normalized spacial score (nSPS) is 14.6. The van der Waals surface area contributed by atoms with Crippen molar-refractivity contribution >= 4 is 5.65 Å². The second kappa shape index (κ2) is 6.95. The molecular formula is C25H18N4O2. The van der Waals surface area contributed by atoms with Gasteiger partial charge in [0.15, 0.2) is 11.5 Å². The molecule has 0 unspecified atom stereocenters. The highest BCUT2D eigenvalue weighted by Gasteiger charge is 2.33. The maximum Gasteiger partial charge on any atom is 0.228 e. The molecule has 0 aliphatic carbocycles. The summed E-state index contributed by atoms with van der Waals surface area (Å²) in [7, 11) is 0. The molecule has 6 rings (SSSR count). The van der Waals surface area contributed by atoms with Crippen molar-refractivity contribution in [3.63, 3.8) is 0 Å². The van der Waals surface area contributed by atoms with Gasteiger partial charge in [0.1, 0.15) is 17.8 Å². The Balaban J connectivity index is 1.55. The van der Waals surface area contributed by atoms with Crippen LogP contribution in [0.3, 0.4) is 0 Å². The summed E-state index contributed by atoms with van der Waals surface area (Å²) in [5.74, 6) is 1.83. The minimum atomic E-state index is -0.134. The van der Waals surface area contributed by atoms with Crippen molar-refractivity contribution in [3.8, 4) is 17.4 Å². The topological polar surface area (TPSA) is 72.5 Å². The summed E-state index contributed by atoms with van der Waals surface area (Å²) >= 11 is 0. The number of nitrogens with zero attached hydrogens (tertiary/aromatic N) is 4. The minimum absolute atomic E-state index is 0.134. The highest BCUT2D eigenvalue weighted by atomic mass is 16.5. The maximum absolute atomic E-state index is 9.98. The molecule has 3 aromatic carbocycles. The van der Waals surface area contributed by atoms with E-state index < -0.39 is 0 Å². The van der Waals surface area contributed by atoms with Crippen LogP contribution in [0.25, 0.3) is 5.65 Å². The van der Waals surface area contributed by atoms with E-state index in [4.69, 9.17) is 9.72 Å². The first-order chi connectivity index (χ1) is 15.3. The smallest absolute Gasteiger partial charge is 0.228 e. The molecule has 1 atom stereocenters. The fourth-order valence-corrected chi connectivity index (χ4v) is 4.19. The molecule has 0 saturated heterocycles. The van der Waals surface area contributed by atoms with Gasteiger partial charge in [-0.2, -0.15) is 0 Å². The zero-order valence-corrected chi connectivity index (χ0v) is 16.5. The lowest BCUT2D eigenvalue weighted by Crippen LogP contribution is -2.14. The zero-order chi connectivity index (χ0) is 20.8. The van der Waals surface area contributed by atoms with Gasteiger partial charge in [-0.05, 0) is 17.2 Å². The first-order valence-electron chi connectivity index (χ1n) is 10.1. The van der Waals surface area contributed by atoms with Gasteiger partial charge in [0.2, 0.25) is 5.88 Å². The fourth-order valence-electron chi connectivity index (χ4n) is 4.19. The molecule has 6 heteroatoms. The summed E-state index contributed by atoms with van der Waals surface area (Å²) in [6.07, 6.45) is 2.27. The Morgan fingerprint density at radius 2 is 1.71 bits per heavy atom. The van der Waals surface area contributed by atoms with Crippen LogP contribution in [-0.2, 0) is 6.42 Å². The molecule has 6 nitrogen and oxygen atoms in total. The molecule has 0 spiro atoms. The van der Waals surface area contributed by atoms with Crippen molar-refractivity contribution < 1.29 is 9.84 Å². The third-order valence-corrected chi connectivity index (χ3v) is 5.57. The first kappa shape index (κ1) is 17.7. The Kier molecular flexibility index (Phi) is 3.96. The quantitative estimate of drug-likeness (QED) is 0.461. The van der Waals surface area contributed by atoms with Crippen LogP contribution >= 0.6 is 0 Å². The molecule has 1 aliphatic rings. The van der Waals surface area contributed by atoms with E-state index in [-0.39, 0.29) is 11.7 Å². The largest absolute Gasteiger partial charge is 0.508 e. The van der Waals surface area contributed by atoms with Gasteiger partial charge in [-0.15, -0.1) is 5.10 Å². The molecule has 0 fully saturated rings. The Bertz CT molecular complexity index is 1400. The van der Waals surface area contributed by atoms with Crippen LogP contribution in [0.1, 0.15) is 34.0 Å². The molecule has 0 amide bonds. The van der Waals surface area contributed by atoms with Crippen molar-refractivity contribution in [2.45, 2.75) is 12.3 Å². The Hall–Kier alpha value is -4.19. The molecule has 5 aromatic rings. The van der Waals surface area contributed by atoms with Gasteiger partial charge < -0.3 is 9.84 Å². The van der Waals surface area contributed by atoms with E-state index in [9.17, 15) is 5.11 Å². The molecule has 2 aromatic heterocycles. The van der Waals surface area contributed by atoms with E-state index in [0.717, 1.165) is 33.7 Å². The number of phenolic OH excluding ortho intramolecular Hbond substituents is 1. The molecule has 150 valence electrons. The summed E-state index contributed by atoms with van der Waals surface area (Å²) in [5, 5.41) is 14.6. The number of ether oxygens (including phenoxy) is 1. The molecule has 3 heterocycles. The number of aromatic nitrogens is 4. The zero-order valence-electron chi connectivity index (χ0n) is 16.5. The minimum Gasteiger partial charge on any atom is -0.508 e. The van der Waals surface area contributed by atoms with Gasteiger partial charge in [0, 0.05) is 24.0 Å². The Morgan fingerprint density at radius 3 is 2.52 bits per heavy atom. The van der Waals surface area contributed by atoms with Gasteiger partial charge in [-0.3, -0.25) is 0 Å². The number of hydrogen-bond donors (Lipinski definition) is 1. The molecule has 0 bridgehead atoms. The van der Waals surface area contributed by atoms with Gasteiger partial charge in [0.25, 0.3) is 0 Å². The maximum atomic E-state index is 9.98. The molecular weight excluding hydrogens is 388 g/mol. The SMILES string of the molecule is Oc1ccc2c(c1)Oc1ncn3nc(Cc4ccccc4)nc3c1[C@H]2c1ccccc1. The van der Waals surface area contributed by atoms with Crippen LogP contribution in [0, 0.1) is 0 Å². The van der Waals surface area contributed by atoms with Crippen LogP contribution < -0.4 is 4.74 Å². The average molecular weight is 406 g/mol. The van der Waals surface area contributed by atoms with Crippen LogP contribution in [0.4, 0.5) is 0 Å². The van der Waals surface area contributed by atoms with Gasteiger partial charge >= 0.3 is 0 Å². The van der Waals surface area contributed by atoms with E-state index >= 15 is 0 Å². The lowest BCUT2D eigenvalue weighted by molar-refractivity contribution is 0.422. The second-order valence-corrected chi connectivity index (χ2v) is 7.59. The molecule has 0 radical (unpaired) electrons. The van der Waals surface area contributed by atoms with E-state index in [1.807, 2.05) is 42.5 Å². The lowest BCUT2D eigenvalue weighted by Gasteiger charge is -2.27. The summed E-state index contributed by atoms with van der Waals surface area (Å²) in [6.45, 7) is 0. The third kappa shape index (κ3) is 3.00. The monoisotopic (exact) mass is 406 g/mol. The van der Waals surface area contributed by atoms with E-state index in [1.54, 1.807) is 23.0 Å². The van der Waals surface area contributed by atoms with Crippen molar-refractivity contribution in [2.24, 2.45) is 0 Å². The number of fused-ring (bicyclic) bond motifs is 4. The second-order valence-electron chi connectivity index (χ2n) is 7.59. The molecule has 0 saturated carbocycles. The molecule has 1 aliphatic heterocycles. The van der Waals surface area contributed by atoms with Gasteiger partial charge in [0.05, 0.1) is 5.56 Å². The number of phenols is 1. The summed E-state index contributed by atoms with van der Waals surface area (Å²) < 4.78 is 7.82. The van der Waals surface area contributed by atoms with Crippen molar-refractivity contribution in [2.75, 3.05) is 0 Å². The van der Waals surface area contributed by atoms with Crippen molar-refractivity contribution in [3.05, 3.63) is 113 Å². The van der Waals surface area contributed by atoms with Crippen LogP contribution in [-0.4, -0.2) is 24.7 Å². The van der Waals surface area contributed by atoms with Crippen LogP contribution in [0.15, 0.2) is 85.2 Å². The fraction of sp³-hybridized carbons (Fsp3) is 0.0800. The number of hydrogen-bond acceptors (Lipinski definition) is 5. The lowest BCUT2D eigenvalue weighted by atomic mass is 9.84. The average Bonchev–Trinajstić information content (AvgIpc) is 3.21. The number of benzene rings is 3. The molecule has 1 N–H and O–H groups in total. The number of rotatable bonds is 3. The molecule has 31 heavy (non-hydrogen) atoms. The third-order valence-electron chi connectivity index (χ3n) is 5.57. The van der Waals surface area contributed by atoms with Gasteiger partial charge in [-0.25, -0.2) is 14.5 Å². The predicted octanol–water partition coefficient (Wildman–Crippen LogP) is 4.71. The first-order valence-corrected chi connectivity index (χ1v) is 10.1. The van der Waals surface area contributed by atoms with Crippen LogP contribution in [0.5, 0.6) is 17.4 Å². The standard InChI is InChI=1S/C25H18N4O2/c30-18-11-12-19-20(14-18)31-25-23(22(19)17-9-5-2-6-10-17)24-27-21(28-29(24)15-26-25)13-16-7-3-1-4-8-16/h1-12,14-15,22,30H,13H2/t22-/m0/s1.